The van der Waals surface area contributed by atoms with Gasteiger partial charge in [-0.15, -0.1) is 0 Å². The molecule has 4 aliphatic carbocycles. The van der Waals surface area contributed by atoms with Gasteiger partial charge in [-0.05, 0) is 111 Å². The molecule has 4 fully saturated rings. The number of hydrogen-bond acceptors (Lipinski definition) is 5. The normalized spacial score (nSPS) is 38.4. The van der Waals surface area contributed by atoms with E-state index in [1.807, 2.05) is 0 Å². The molecule has 4 saturated carbocycles. The molecule has 0 bridgehead atoms. The van der Waals surface area contributed by atoms with Crippen LogP contribution in [0, 0.1) is 52.3 Å². The minimum Gasteiger partial charge on any atom is -0.481 e. The van der Waals surface area contributed by atoms with Crippen LogP contribution in [0.5, 0.6) is 0 Å². The summed E-state index contributed by atoms with van der Waals surface area (Å²) in [5.74, 6) is 2.35. The van der Waals surface area contributed by atoms with Gasteiger partial charge in [-0.25, -0.2) is 0 Å². The number of ether oxygens (including phenoxy) is 2. The number of rotatable bonds is 10. The Hall–Kier alpha value is -1.59. The lowest BCUT2D eigenvalue weighted by atomic mass is 9.44. The molecule has 6 nitrogen and oxygen atoms in total. The summed E-state index contributed by atoms with van der Waals surface area (Å²) in [5.41, 5.74) is 0.971. The molecule has 0 heterocycles. The number of carbonyl (C=O) groups is 3. The molecule has 0 aromatic rings. The molecule has 0 amide bonds. The fraction of sp³-hybridized carbons (Fsp3) is 0.903. The average molecular weight is 519 g/mol. The summed E-state index contributed by atoms with van der Waals surface area (Å²) in [7, 11) is 0. The van der Waals surface area contributed by atoms with E-state index in [0.717, 1.165) is 30.1 Å². The molecule has 0 radical (unpaired) electrons. The highest BCUT2D eigenvalue weighted by atomic mass is 16.7. The molecule has 6 heteroatoms. The number of carbonyl (C=O) groups excluding carboxylic acids is 2. The molecule has 210 valence electrons. The molecule has 0 saturated heterocycles. The maximum absolute atomic E-state index is 12.3. The van der Waals surface area contributed by atoms with Crippen LogP contribution in [0.25, 0.3) is 0 Å². The maximum Gasteiger partial charge on any atom is 0.308 e. The molecular weight excluding hydrogens is 468 g/mol. The Morgan fingerprint density at radius 3 is 2.19 bits per heavy atom. The molecule has 37 heavy (non-hydrogen) atoms. The first-order valence-corrected chi connectivity index (χ1v) is 15.1. The van der Waals surface area contributed by atoms with Crippen LogP contribution in [-0.2, 0) is 23.9 Å². The maximum atomic E-state index is 12.3. The molecule has 4 aliphatic rings. The Labute approximate surface area is 223 Å². The first-order valence-electron chi connectivity index (χ1n) is 15.1. The second-order valence-electron chi connectivity index (χ2n) is 13.6. The third kappa shape index (κ3) is 5.88. The van der Waals surface area contributed by atoms with Gasteiger partial charge in [0, 0.05) is 12.8 Å². The Balaban J connectivity index is 1.22. The minimum atomic E-state index is -0.935. The summed E-state index contributed by atoms with van der Waals surface area (Å²) in [5, 5.41) is 8.89. The molecule has 0 aromatic heterocycles. The summed E-state index contributed by atoms with van der Waals surface area (Å²) in [6.07, 6.45) is 15.4. The van der Waals surface area contributed by atoms with Crippen LogP contribution in [0.15, 0.2) is 0 Å². The zero-order chi connectivity index (χ0) is 26.8. The van der Waals surface area contributed by atoms with Crippen LogP contribution in [0.2, 0.25) is 0 Å². The molecule has 0 aliphatic heterocycles. The lowest BCUT2D eigenvalue weighted by Gasteiger charge is -2.61. The van der Waals surface area contributed by atoms with E-state index in [-0.39, 0.29) is 25.6 Å². The number of carboxylic acid groups (broad SMARTS) is 1. The number of hydrogen-bond donors (Lipinski definition) is 1. The van der Waals surface area contributed by atoms with Crippen molar-refractivity contribution in [1.82, 2.24) is 0 Å². The quantitative estimate of drug-likeness (QED) is 0.247. The predicted molar refractivity (Wildman–Crippen MR) is 141 cm³/mol. The van der Waals surface area contributed by atoms with Crippen LogP contribution in [0.4, 0.5) is 0 Å². The average Bonchev–Trinajstić information content (AvgIpc) is 3.22. The number of aliphatic carboxylic acids is 1. The zero-order valence-corrected chi connectivity index (χ0v) is 23.6. The lowest BCUT2D eigenvalue weighted by Crippen LogP contribution is -2.53. The van der Waals surface area contributed by atoms with Gasteiger partial charge >= 0.3 is 17.9 Å². The summed E-state index contributed by atoms with van der Waals surface area (Å²) >= 11 is 0. The van der Waals surface area contributed by atoms with E-state index in [1.54, 1.807) is 6.92 Å². The smallest absolute Gasteiger partial charge is 0.308 e. The summed E-state index contributed by atoms with van der Waals surface area (Å²) in [6, 6.07) is 0. The molecule has 1 N–H and O–H groups in total. The van der Waals surface area contributed by atoms with Gasteiger partial charge in [0.2, 0.25) is 6.79 Å². The van der Waals surface area contributed by atoms with E-state index in [1.165, 1.54) is 64.2 Å². The van der Waals surface area contributed by atoms with Gasteiger partial charge in [-0.3, -0.25) is 14.4 Å². The Bertz CT molecular complexity index is 840. The van der Waals surface area contributed by atoms with E-state index >= 15 is 0 Å². The number of fused-ring (bicyclic) bond motifs is 5. The van der Waals surface area contributed by atoms with Crippen molar-refractivity contribution < 1.29 is 29.0 Å². The van der Waals surface area contributed by atoms with E-state index in [4.69, 9.17) is 14.6 Å². The van der Waals surface area contributed by atoms with Crippen molar-refractivity contribution in [2.45, 2.75) is 118 Å². The zero-order valence-electron chi connectivity index (χ0n) is 23.6. The van der Waals surface area contributed by atoms with Crippen LogP contribution in [0.1, 0.15) is 118 Å². The molecule has 0 aromatic carbocycles. The summed E-state index contributed by atoms with van der Waals surface area (Å²) < 4.78 is 10.1. The highest BCUT2D eigenvalue weighted by molar-refractivity contribution is 5.73. The minimum absolute atomic E-state index is 0.00510. The fourth-order valence-corrected chi connectivity index (χ4v) is 9.58. The highest BCUT2D eigenvalue weighted by Gasteiger charge is 2.60. The third-order valence-corrected chi connectivity index (χ3v) is 11.8. The van der Waals surface area contributed by atoms with Crippen molar-refractivity contribution in [2.75, 3.05) is 6.79 Å². The molecule has 5 unspecified atom stereocenters. The monoisotopic (exact) mass is 518 g/mol. The topological polar surface area (TPSA) is 89.9 Å². The first-order chi connectivity index (χ1) is 17.6. The van der Waals surface area contributed by atoms with Gasteiger partial charge in [-0.2, -0.15) is 0 Å². The third-order valence-electron chi connectivity index (χ3n) is 11.8. The fourth-order valence-electron chi connectivity index (χ4n) is 9.58. The van der Waals surface area contributed by atoms with E-state index < -0.39 is 17.9 Å². The van der Waals surface area contributed by atoms with Crippen LogP contribution in [0.3, 0.4) is 0 Å². The Kier molecular flexibility index (Phi) is 8.95. The van der Waals surface area contributed by atoms with Crippen molar-refractivity contribution in [3.8, 4) is 0 Å². The Morgan fingerprint density at radius 1 is 0.811 bits per heavy atom. The summed E-state index contributed by atoms with van der Waals surface area (Å²) in [6.45, 7) is 8.70. The molecule has 4 rings (SSSR count). The van der Waals surface area contributed by atoms with Crippen LogP contribution in [-0.4, -0.2) is 29.8 Å². The van der Waals surface area contributed by atoms with Crippen LogP contribution >= 0.6 is 0 Å². The molecular formula is C31H50O6. The number of carboxylic acids is 1. The van der Waals surface area contributed by atoms with Gasteiger partial charge in [0.05, 0.1) is 5.92 Å². The van der Waals surface area contributed by atoms with Crippen molar-refractivity contribution in [3.63, 3.8) is 0 Å². The molecule has 9 atom stereocenters. The van der Waals surface area contributed by atoms with Gasteiger partial charge in [0.25, 0.3) is 0 Å². The largest absolute Gasteiger partial charge is 0.481 e. The van der Waals surface area contributed by atoms with E-state index in [9.17, 15) is 14.4 Å². The molecule has 0 spiro atoms. The van der Waals surface area contributed by atoms with E-state index in [0.29, 0.717) is 29.1 Å². The van der Waals surface area contributed by atoms with Gasteiger partial charge < -0.3 is 14.6 Å². The van der Waals surface area contributed by atoms with Crippen molar-refractivity contribution in [3.05, 3.63) is 0 Å². The van der Waals surface area contributed by atoms with Crippen LogP contribution < -0.4 is 0 Å². The number of esters is 2. The van der Waals surface area contributed by atoms with Gasteiger partial charge in [0.1, 0.15) is 0 Å². The van der Waals surface area contributed by atoms with Crippen molar-refractivity contribution >= 4 is 17.9 Å². The SMILES string of the molecule is CC(CCC(=O)OCOC(=O)CC[C@@H](C)C1CCC2C3CC[C@@H]4CCCC[C@]4(C)C3CC[C@@]21C)C(=O)O. The van der Waals surface area contributed by atoms with E-state index in [2.05, 4.69) is 20.8 Å². The van der Waals surface area contributed by atoms with Crippen molar-refractivity contribution in [2.24, 2.45) is 52.3 Å². The Morgan fingerprint density at radius 2 is 1.49 bits per heavy atom. The van der Waals surface area contributed by atoms with Gasteiger partial charge in [0.15, 0.2) is 0 Å². The lowest BCUT2D eigenvalue weighted by molar-refractivity contribution is -0.167. The van der Waals surface area contributed by atoms with Gasteiger partial charge in [-0.1, -0.05) is 40.5 Å². The second kappa shape index (κ2) is 11.7. The first kappa shape index (κ1) is 28.4. The highest BCUT2D eigenvalue weighted by Crippen LogP contribution is 2.68. The van der Waals surface area contributed by atoms with Crippen molar-refractivity contribution in [1.29, 1.82) is 0 Å². The second-order valence-corrected chi connectivity index (χ2v) is 13.6. The summed E-state index contributed by atoms with van der Waals surface area (Å²) in [4.78, 5) is 34.9. The standard InChI is InChI=1S/C31H50O6/c1-20(8-14-27(32)36-19-37-28(33)15-9-21(2)29(34)35)24-12-13-25-23-11-10-22-7-5-6-17-30(22,3)26(23)16-18-31(24,25)4/h20-26H,5-19H2,1-4H3,(H,34,35)/t20-,21?,22+,23?,24?,25?,26?,30+,31-/m1/s1. The predicted octanol–water partition coefficient (Wildman–Crippen LogP) is 7.00.